The number of thiophene rings is 1. The minimum absolute atomic E-state index is 0.0957. The third kappa shape index (κ3) is 2.52. The van der Waals surface area contributed by atoms with E-state index in [0.717, 1.165) is 21.9 Å². The number of nitrogens with zero attached hydrogens (tertiary/aromatic N) is 1. The molecule has 19 heavy (non-hydrogen) atoms. The van der Waals surface area contributed by atoms with E-state index in [2.05, 4.69) is 4.98 Å². The number of aromatic nitrogens is 1. The van der Waals surface area contributed by atoms with Crippen molar-refractivity contribution >= 4 is 11.3 Å². The molecule has 4 nitrogen and oxygen atoms in total. The number of ether oxygens (including phenoxy) is 1. The SMILES string of the molecule is NCOc1cc(-c2ccco2)cc(-c2cccs2)n1. The molecule has 0 saturated carbocycles. The summed E-state index contributed by atoms with van der Waals surface area (Å²) in [7, 11) is 0. The van der Waals surface area contributed by atoms with Crippen molar-refractivity contribution in [1.82, 2.24) is 4.98 Å². The van der Waals surface area contributed by atoms with Gasteiger partial charge >= 0.3 is 0 Å². The highest BCUT2D eigenvalue weighted by atomic mass is 32.1. The molecule has 0 aliphatic heterocycles. The maximum Gasteiger partial charge on any atom is 0.215 e. The molecule has 0 amide bonds. The van der Waals surface area contributed by atoms with Gasteiger partial charge in [-0.1, -0.05) is 6.07 Å². The number of nitrogens with two attached hydrogens (primary N) is 1. The molecule has 3 heterocycles. The molecule has 2 N–H and O–H groups in total. The predicted octanol–water partition coefficient (Wildman–Crippen LogP) is 3.37. The molecule has 0 bridgehead atoms. The van der Waals surface area contributed by atoms with Crippen LogP contribution in [-0.2, 0) is 0 Å². The Morgan fingerprint density at radius 2 is 2.21 bits per heavy atom. The van der Waals surface area contributed by atoms with Gasteiger partial charge in [-0.2, -0.15) is 0 Å². The van der Waals surface area contributed by atoms with Crippen molar-refractivity contribution in [1.29, 1.82) is 0 Å². The van der Waals surface area contributed by atoms with Crippen LogP contribution in [0.1, 0.15) is 0 Å². The Balaban J connectivity index is 2.09. The fraction of sp³-hybridized carbons (Fsp3) is 0.0714. The van der Waals surface area contributed by atoms with Crippen LogP contribution in [0.4, 0.5) is 0 Å². The highest BCUT2D eigenvalue weighted by Crippen LogP contribution is 2.30. The van der Waals surface area contributed by atoms with Gasteiger partial charge in [-0.15, -0.1) is 11.3 Å². The van der Waals surface area contributed by atoms with Gasteiger partial charge in [0, 0.05) is 11.6 Å². The van der Waals surface area contributed by atoms with Crippen LogP contribution in [0.5, 0.6) is 5.88 Å². The fourth-order valence-corrected chi connectivity index (χ4v) is 2.49. The molecular formula is C14H12N2O2S. The van der Waals surface area contributed by atoms with Gasteiger partial charge in [-0.3, -0.25) is 5.73 Å². The lowest BCUT2D eigenvalue weighted by Gasteiger charge is -2.07. The molecule has 96 valence electrons. The smallest absolute Gasteiger partial charge is 0.215 e. The molecule has 3 rings (SSSR count). The van der Waals surface area contributed by atoms with E-state index < -0.39 is 0 Å². The van der Waals surface area contributed by atoms with Crippen LogP contribution in [0.2, 0.25) is 0 Å². The monoisotopic (exact) mass is 272 g/mol. The average Bonchev–Trinajstić information content (AvgIpc) is 3.12. The Hall–Kier alpha value is -2.11. The first-order valence-electron chi connectivity index (χ1n) is 5.79. The summed E-state index contributed by atoms with van der Waals surface area (Å²) in [5, 5.41) is 2.01. The predicted molar refractivity (Wildman–Crippen MR) is 74.9 cm³/mol. The minimum atomic E-state index is 0.0957. The van der Waals surface area contributed by atoms with Crippen molar-refractivity contribution in [2.45, 2.75) is 0 Å². The van der Waals surface area contributed by atoms with Crippen LogP contribution in [0.15, 0.2) is 52.5 Å². The quantitative estimate of drug-likeness (QED) is 0.740. The van der Waals surface area contributed by atoms with E-state index in [1.165, 1.54) is 0 Å². The summed E-state index contributed by atoms with van der Waals surface area (Å²) >= 11 is 1.63. The summed E-state index contributed by atoms with van der Waals surface area (Å²) in [4.78, 5) is 5.52. The van der Waals surface area contributed by atoms with Crippen molar-refractivity contribution in [3.63, 3.8) is 0 Å². The van der Waals surface area contributed by atoms with Crippen molar-refractivity contribution in [2.75, 3.05) is 6.73 Å². The maximum absolute atomic E-state index is 5.42. The third-order valence-electron chi connectivity index (χ3n) is 2.61. The van der Waals surface area contributed by atoms with Gasteiger partial charge < -0.3 is 9.15 Å². The highest BCUT2D eigenvalue weighted by Gasteiger charge is 2.09. The summed E-state index contributed by atoms with van der Waals surface area (Å²) in [6, 6.07) is 11.6. The summed E-state index contributed by atoms with van der Waals surface area (Å²) in [5.41, 5.74) is 7.19. The fourth-order valence-electron chi connectivity index (χ4n) is 1.80. The molecule has 0 saturated heterocycles. The topological polar surface area (TPSA) is 61.3 Å². The van der Waals surface area contributed by atoms with Crippen LogP contribution < -0.4 is 10.5 Å². The van der Waals surface area contributed by atoms with Crippen LogP contribution >= 0.6 is 11.3 Å². The van der Waals surface area contributed by atoms with E-state index in [1.807, 2.05) is 41.8 Å². The second-order valence-electron chi connectivity index (χ2n) is 3.84. The molecule has 5 heteroatoms. The summed E-state index contributed by atoms with van der Waals surface area (Å²) in [5.74, 6) is 1.28. The van der Waals surface area contributed by atoms with E-state index in [-0.39, 0.29) is 6.73 Å². The van der Waals surface area contributed by atoms with Gasteiger partial charge in [-0.05, 0) is 29.6 Å². The Morgan fingerprint density at radius 3 is 2.89 bits per heavy atom. The Labute approximate surface area is 114 Å². The van der Waals surface area contributed by atoms with Crippen molar-refractivity contribution in [3.05, 3.63) is 48.0 Å². The number of hydrogen-bond acceptors (Lipinski definition) is 5. The molecule has 0 radical (unpaired) electrons. The van der Waals surface area contributed by atoms with E-state index >= 15 is 0 Å². The minimum Gasteiger partial charge on any atom is -0.464 e. The second-order valence-corrected chi connectivity index (χ2v) is 4.79. The van der Waals surface area contributed by atoms with Crippen molar-refractivity contribution in [2.24, 2.45) is 5.73 Å². The summed E-state index contributed by atoms with van der Waals surface area (Å²) < 4.78 is 10.7. The first kappa shape index (κ1) is 12.0. The summed E-state index contributed by atoms with van der Waals surface area (Å²) in [6.45, 7) is 0.0957. The normalized spacial score (nSPS) is 10.6. The lowest BCUT2D eigenvalue weighted by atomic mass is 10.1. The summed E-state index contributed by atoms with van der Waals surface area (Å²) in [6.07, 6.45) is 1.64. The van der Waals surface area contributed by atoms with Gasteiger partial charge in [0.1, 0.15) is 12.5 Å². The zero-order valence-corrected chi connectivity index (χ0v) is 10.9. The number of hydrogen-bond donors (Lipinski definition) is 1. The Morgan fingerprint density at radius 1 is 1.26 bits per heavy atom. The van der Waals surface area contributed by atoms with Gasteiger partial charge in [0.15, 0.2) is 0 Å². The van der Waals surface area contributed by atoms with Gasteiger partial charge in [0.2, 0.25) is 5.88 Å². The first-order chi connectivity index (χ1) is 9.36. The first-order valence-corrected chi connectivity index (χ1v) is 6.67. The highest BCUT2D eigenvalue weighted by molar-refractivity contribution is 7.13. The second kappa shape index (κ2) is 5.26. The molecule has 0 fully saturated rings. The zero-order chi connectivity index (χ0) is 13.1. The third-order valence-corrected chi connectivity index (χ3v) is 3.50. The van der Waals surface area contributed by atoms with Crippen LogP contribution in [-0.4, -0.2) is 11.7 Å². The van der Waals surface area contributed by atoms with Crippen molar-refractivity contribution < 1.29 is 9.15 Å². The standard InChI is InChI=1S/C14H12N2O2S/c15-9-18-14-8-10(12-3-1-5-17-12)7-11(16-14)13-4-2-6-19-13/h1-8H,9,15H2. The van der Waals surface area contributed by atoms with Crippen molar-refractivity contribution in [3.8, 4) is 27.8 Å². The molecule has 3 aromatic heterocycles. The van der Waals surface area contributed by atoms with Gasteiger partial charge in [0.25, 0.3) is 0 Å². The number of rotatable bonds is 4. The molecule has 0 aliphatic rings. The average molecular weight is 272 g/mol. The largest absolute Gasteiger partial charge is 0.464 e. The lowest BCUT2D eigenvalue weighted by molar-refractivity contribution is 0.317. The molecule has 0 unspecified atom stereocenters. The van der Waals surface area contributed by atoms with Gasteiger partial charge in [-0.25, -0.2) is 4.98 Å². The number of pyridine rings is 1. The van der Waals surface area contributed by atoms with E-state index in [1.54, 1.807) is 17.6 Å². The van der Waals surface area contributed by atoms with Crippen LogP contribution in [0.25, 0.3) is 21.9 Å². The zero-order valence-electron chi connectivity index (χ0n) is 10.1. The maximum atomic E-state index is 5.42. The molecular weight excluding hydrogens is 260 g/mol. The van der Waals surface area contributed by atoms with Gasteiger partial charge in [0.05, 0.1) is 16.8 Å². The Bertz CT molecular complexity index is 596. The molecule has 0 spiro atoms. The molecule has 3 aromatic rings. The van der Waals surface area contributed by atoms with E-state index in [0.29, 0.717) is 5.88 Å². The van der Waals surface area contributed by atoms with Crippen LogP contribution in [0.3, 0.4) is 0 Å². The Kier molecular flexibility index (Phi) is 3.31. The molecule has 0 atom stereocenters. The lowest BCUT2D eigenvalue weighted by Crippen LogP contribution is -2.08. The van der Waals surface area contributed by atoms with E-state index in [4.69, 9.17) is 14.9 Å². The molecule has 0 aromatic carbocycles. The van der Waals surface area contributed by atoms with Crippen LogP contribution in [0, 0.1) is 0 Å². The molecule has 0 aliphatic carbocycles. The van der Waals surface area contributed by atoms with E-state index in [9.17, 15) is 0 Å². The number of furan rings is 1.